The Balaban J connectivity index is 2.16. The molecular weight excluding hydrogens is 280 g/mol. The molecule has 0 aromatic heterocycles. The fourth-order valence-electron chi connectivity index (χ4n) is 2.25. The first kappa shape index (κ1) is 15.8. The van der Waals surface area contributed by atoms with Crippen LogP contribution >= 0.6 is 0 Å². The SMILES string of the molecule is COC(=O)C(Cc1ccc(-c2ccccc2)cc1)C(=O)OC. The number of rotatable bonds is 5. The molecule has 0 heterocycles. The summed E-state index contributed by atoms with van der Waals surface area (Å²) in [5, 5.41) is 0. The molecule has 2 rings (SSSR count). The van der Waals surface area contributed by atoms with Crippen molar-refractivity contribution in [2.24, 2.45) is 5.92 Å². The maximum absolute atomic E-state index is 11.7. The Morgan fingerprint density at radius 3 is 1.82 bits per heavy atom. The van der Waals surface area contributed by atoms with E-state index in [2.05, 4.69) is 9.47 Å². The van der Waals surface area contributed by atoms with Crippen LogP contribution in [0.15, 0.2) is 54.6 Å². The molecule has 2 aromatic carbocycles. The van der Waals surface area contributed by atoms with Crippen molar-refractivity contribution >= 4 is 11.9 Å². The summed E-state index contributed by atoms with van der Waals surface area (Å²) in [5.41, 5.74) is 3.07. The lowest BCUT2D eigenvalue weighted by atomic mass is 9.97. The summed E-state index contributed by atoms with van der Waals surface area (Å²) in [6.07, 6.45) is 0.258. The second-order valence-electron chi connectivity index (χ2n) is 4.87. The van der Waals surface area contributed by atoms with E-state index >= 15 is 0 Å². The first-order chi connectivity index (χ1) is 10.7. The topological polar surface area (TPSA) is 52.6 Å². The van der Waals surface area contributed by atoms with E-state index in [1.54, 1.807) is 0 Å². The van der Waals surface area contributed by atoms with Gasteiger partial charge in [-0.3, -0.25) is 9.59 Å². The molecule has 0 radical (unpaired) electrons. The standard InChI is InChI=1S/C18H18O4/c1-21-17(19)16(18(20)22-2)12-13-8-10-15(11-9-13)14-6-4-3-5-7-14/h3-11,16H,12H2,1-2H3. The summed E-state index contributed by atoms with van der Waals surface area (Å²) < 4.78 is 9.32. The van der Waals surface area contributed by atoms with Gasteiger partial charge in [-0.1, -0.05) is 54.6 Å². The maximum atomic E-state index is 11.7. The molecule has 0 atom stereocenters. The van der Waals surface area contributed by atoms with Crippen LogP contribution in [0, 0.1) is 5.92 Å². The van der Waals surface area contributed by atoms with Crippen LogP contribution in [-0.4, -0.2) is 26.2 Å². The van der Waals surface area contributed by atoms with Crippen molar-refractivity contribution in [1.82, 2.24) is 0 Å². The van der Waals surface area contributed by atoms with Gasteiger partial charge in [-0.15, -0.1) is 0 Å². The lowest BCUT2D eigenvalue weighted by Crippen LogP contribution is -2.28. The van der Waals surface area contributed by atoms with Gasteiger partial charge >= 0.3 is 11.9 Å². The minimum absolute atomic E-state index is 0.258. The highest BCUT2D eigenvalue weighted by Crippen LogP contribution is 2.21. The Bertz CT molecular complexity index is 616. The highest BCUT2D eigenvalue weighted by molar-refractivity contribution is 5.95. The highest BCUT2D eigenvalue weighted by atomic mass is 16.5. The first-order valence-electron chi connectivity index (χ1n) is 6.95. The molecule has 0 aliphatic heterocycles. The molecule has 0 spiro atoms. The van der Waals surface area contributed by atoms with Crippen LogP contribution in [0.25, 0.3) is 11.1 Å². The van der Waals surface area contributed by atoms with Crippen LogP contribution in [-0.2, 0) is 25.5 Å². The Labute approximate surface area is 129 Å². The third-order valence-corrected chi connectivity index (χ3v) is 3.47. The van der Waals surface area contributed by atoms with Gasteiger partial charge in [-0.2, -0.15) is 0 Å². The number of methoxy groups -OCH3 is 2. The van der Waals surface area contributed by atoms with Gasteiger partial charge in [0.15, 0.2) is 5.92 Å². The Hall–Kier alpha value is -2.62. The Morgan fingerprint density at radius 1 is 0.818 bits per heavy atom. The van der Waals surface area contributed by atoms with Crippen molar-refractivity contribution in [2.75, 3.05) is 14.2 Å². The zero-order valence-electron chi connectivity index (χ0n) is 12.6. The largest absolute Gasteiger partial charge is 0.468 e. The Morgan fingerprint density at radius 2 is 1.32 bits per heavy atom. The third kappa shape index (κ3) is 3.73. The van der Waals surface area contributed by atoms with E-state index in [0.29, 0.717) is 0 Å². The van der Waals surface area contributed by atoms with Crippen LogP contribution in [0.5, 0.6) is 0 Å². The predicted molar refractivity (Wildman–Crippen MR) is 83.1 cm³/mol. The third-order valence-electron chi connectivity index (χ3n) is 3.47. The summed E-state index contributed by atoms with van der Waals surface area (Å²) >= 11 is 0. The zero-order chi connectivity index (χ0) is 15.9. The van der Waals surface area contributed by atoms with E-state index in [1.165, 1.54) is 14.2 Å². The lowest BCUT2D eigenvalue weighted by molar-refractivity contribution is -0.158. The molecule has 0 saturated carbocycles. The second kappa shape index (κ2) is 7.41. The van der Waals surface area contributed by atoms with Crippen molar-refractivity contribution < 1.29 is 19.1 Å². The van der Waals surface area contributed by atoms with Gasteiger partial charge in [0.05, 0.1) is 14.2 Å². The molecule has 0 bridgehead atoms. The molecule has 0 aliphatic rings. The van der Waals surface area contributed by atoms with Crippen LogP contribution in [0.2, 0.25) is 0 Å². The number of ether oxygens (including phenoxy) is 2. The van der Waals surface area contributed by atoms with Crippen LogP contribution < -0.4 is 0 Å². The molecular formula is C18H18O4. The van der Waals surface area contributed by atoms with Gasteiger partial charge in [0.25, 0.3) is 0 Å². The summed E-state index contributed by atoms with van der Waals surface area (Å²) in [6, 6.07) is 17.7. The fraction of sp³-hybridized carbons (Fsp3) is 0.222. The average molecular weight is 298 g/mol. The zero-order valence-corrected chi connectivity index (χ0v) is 12.6. The van der Waals surface area contributed by atoms with Crippen LogP contribution in [0.1, 0.15) is 5.56 Å². The summed E-state index contributed by atoms with van der Waals surface area (Å²) in [5.74, 6) is -2.10. The average Bonchev–Trinajstić information content (AvgIpc) is 2.59. The van der Waals surface area contributed by atoms with E-state index in [4.69, 9.17) is 0 Å². The van der Waals surface area contributed by atoms with Crippen LogP contribution in [0.3, 0.4) is 0 Å². The van der Waals surface area contributed by atoms with Gasteiger partial charge in [0, 0.05) is 0 Å². The quantitative estimate of drug-likeness (QED) is 0.629. The van der Waals surface area contributed by atoms with Crippen molar-refractivity contribution in [3.05, 3.63) is 60.2 Å². The number of carbonyl (C=O) groups is 2. The monoisotopic (exact) mass is 298 g/mol. The molecule has 4 heteroatoms. The van der Waals surface area contributed by atoms with Gasteiger partial charge in [-0.25, -0.2) is 0 Å². The van der Waals surface area contributed by atoms with Crippen molar-refractivity contribution in [2.45, 2.75) is 6.42 Å². The normalized spacial score (nSPS) is 10.3. The first-order valence-corrected chi connectivity index (χ1v) is 6.95. The maximum Gasteiger partial charge on any atom is 0.320 e. The van der Waals surface area contributed by atoms with E-state index in [0.717, 1.165) is 16.7 Å². The number of esters is 2. The van der Waals surface area contributed by atoms with Gasteiger partial charge in [0.1, 0.15) is 0 Å². The van der Waals surface area contributed by atoms with Crippen molar-refractivity contribution in [3.8, 4) is 11.1 Å². The van der Waals surface area contributed by atoms with E-state index < -0.39 is 17.9 Å². The van der Waals surface area contributed by atoms with Gasteiger partial charge in [-0.05, 0) is 23.1 Å². The molecule has 2 aromatic rings. The van der Waals surface area contributed by atoms with Gasteiger partial charge < -0.3 is 9.47 Å². The number of carbonyl (C=O) groups excluding carboxylic acids is 2. The Kier molecular flexibility index (Phi) is 5.31. The molecule has 0 saturated heterocycles. The van der Waals surface area contributed by atoms with Crippen LogP contribution in [0.4, 0.5) is 0 Å². The van der Waals surface area contributed by atoms with Gasteiger partial charge in [0.2, 0.25) is 0 Å². The molecule has 22 heavy (non-hydrogen) atoms. The number of hydrogen-bond donors (Lipinski definition) is 0. The van der Waals surface area contributed by atoms with E-state index in [1.807, 2.05) is 54.6 Å². The molecule has 0 amide bonds. The summed E-state index contributed by atoms with van der Waals surface area (Å²) in [6.45, 7) is 0. The highest BCUT2D eigenvalue weighted by Gasteiger charge is 2.28. The lowest BCUT2D eigenvalue weighted by Gasteiger charge is -2.12. The summed E-state index contributed by atoms with van der Waals surface area (Å²) in [4.78, 5) is 23.4. The minimum atomic E-state index is -0.933. The van der Waals surface area contributed by atoms with Crippen molar-refractivity contribution in [3.63, 3.8) is 0 Å². The second-order valence-corrected chi connectivity index (χ2v) is 4.87. The minimum Gasteiger partial charge on any atom is -0.468 e. The number of benzene rings is 2. The molecule has 0 aliphatic carbocycles. The molecule has 114 valence electrons. The predicted octanol–water partition coefficient (Wildman–Crippen LogP) is 2.86. The van der Waals surface area contributed by atoms with E-state index in [-0.39, 0.29) is 6.42 Å². The molecule has 0 unspecified atom stereocenters. The number of hydrogen-bond acceptors (Lipinski definition) is 4. The summed E-state index contributed by atoms with van der Waals surface area (Å²) in [7, 11) is 2.52. The fourth-order valence-corrected chi connectivity index (χ4v) is 2.25. The molecule has 0 fully saturated rings. The van der Waals surface area contributed by atoms with E-state index in [9.17, 15) is 9.59 Å². The molecule has 4 nitrogen and oxygen atoms in total. The molecule has 0 N–H and O–H groups in total. The smallest absolute Gasteiger partial charge is 0.320 e. The van der Waals surface area contributed by atoms with Crippen molar-refractivity contribution in [1.29, 1.82) is 0 Å².